The number of nitrogens with one attached hydrogen (secondary N) is 1. The Hall–Kier alpha value is -1.88. The van der Waals surface area contributed by atoms with Crippen LogP contribution >= 0.6 is 11.3 Å². The highest BCUT2D eigenvalue weighted by molar-refractivity contribution is 7.16. The molecule has 1 aromatic carbocycles. The lowest BCUT2D eigenvalue weighted by atomic mass is 9.49. The Morgan fingerprint density at radius 1 is 1.14 bits per heavy atom. The summed E-state index contributed by atoms with van der Waals surface area (Å²) in [5, 5.41) is 4.04. The zero-order valence-corrected chi connectivity index (χ0v) is 17.1. The smallest absolute Gasteiger partial charge is 0.232 e. The summed E-state index contributed by atoms with van der Waals surface area (Å²) in [4.78, 5) is 19.5. The number of nitrogens with zero attached hydrogens (tertiary/aromatic N) is 1. The molecule has 4 fully saturated rings. The van der Waals surface area contributed by atoms with E-state index in [1.54, 1.807) is 18.4 Å². The monoisotopic (exact) mass is 394 g/mol. The summed E-state index contributed by atoms with van der Waals surface area (Å²) in [5.74, 6) is 3.48. The van der Waals surface area contributed by atoms with E-state index in [9.17, 15) is 4.79 Å². The van der Waals surface area contributed by atoms with Crippen LogP contribution in [-0.4, -0.2) is 18.0 Å². The van der Waals surface area contributed by atoms with Gasteiger partial charge in [-0.05, 0) is 92.9 Å². The lowest BCUT2D eigenvalue weighted by Crippen LogP contribution is -2.51. The van der Waals surface area contributed by atoms with Crippen LogP contribution < -0.4 is 10.1 Å². The molecule has 0 unspecified atom stereocenters. The summed E-state index contributed by atoms with van der Waals surface area (Å²) < 4.78 is 5.37. The summed E-state index contributed by atoms with van der Waals surface area (Å²) in [7, 11) is 1.71. The quantitative estimate of drug-likeness (QED) is 0.790. The maximum atomic E-state index is 13.3. The van der Waals surface area contributed by atoms with Gasteiger partial charge in [-0.2, -0.15) is 0 Å². The van der Waals surface area contributed by atoms with E-state index in [2.05, 4.69) is 17.4 Å². The molecule has 1 amide bonds. The van der Waals surface area contributed by atoms with Crippen LogP contribution in [0, 0.1) is 23.2 Å². The Morgan fingerprint density at radius 3 is 2.54 bits per heavy atom. The third-order valence-electron chi connectivity index (χ3n) is 7.63. The first-order valence-corrected chi connectivity index (χ1v) is 11.4. The highest BCUT2D eigenvalue weighted by Crippen LogP contribution is 2.60. The van der Waals surface area contributed by atoms with Crippen molar-refractivity contribution in [2.75, 3.05) is 12.4 Å². The van der Waals surface area contributed by atoms with Gasteiger partial charge in [0.15, 0.2) is 5.13 Å². The predicted molar refractivity (Wildman–Crippen MR) is 111 cm³/mol. The molecule has 0 atom stereocenters. The van der Waals surface area contributed by atoms with Gasteiger partial charge in [-0.3, -0.25) is 4.79 Å². The summed E-state index contributed by atoms with van der Waals surface area (Å²) in [6.07, 6.45) is 9.36. The summed E-state index contributed by atoms with van der Waals surface area (Å²) in [5.41, 5.74) is 3.41. The molecule has 5 aliphatic carbocycles. The van der Waals surface area contributed by atoms with Crippen molar-refractivity contribution < 1.29 is 9.53 Å². The van der Waals surface area contributed by atoms with Crippen LogP contribution in [0.3, 0.4) is 0 Å². The molecular weight excluding hydrogens is 368 g/mol. The molecule has 0 saturated heterocycles. The van der Waals surface area contributed by atoms with Gasteiger partial charge in [-0.1, -0.05) is 0 Å². The van der Waals surface area contributed by atoms with Gasteiger partial charge in [0.05, 0.1) is 18.2 Å². The lowest BCUT2D eigenvalue weighted by Gasteiger charge is -2.55. The fourth-order valence-electron chi connectivity index (χ4n) is 6.79. The molecule has 1 heterocycles. The Balaban J connectivity index is 1.27. The average Bonchev–Trinajstić information content (AvgIpc) is 3.09. The molecule has 5 heteroatoms. The van der Waals surface area contributed by atoms with Gasteiger partial charge in [-0.25, -0.2) is 4.98 Å². The first kappa shape index (κ1) is 17.0. The first-order valence-electron chi connectivity index (χ1n) is 10.6. The number of rotatable bonds is 3. The molecule has 0 spiro atoms. The highest BCUT2D eigenvalue weighted by Gasteiger charge is 2.54. The van der Waals surface area contributed by atoms with Crippen LogP contribution in [0.15, 0.2) is 18.2 Å². The van der Waals surface area contributed by atoms with Crippen LogP contribution in [0.25, 0.3) is 11.3 Å². The van der Waals surface area contributed by atoms with E-state index in [0.717, 1.165) is 66.4 Å². The summed E-state index contributed by atoms with van der Waals surface area (Å²) >= 11 is 1.67. The van der Waals surface area contributed by atoms with Gasteiger partial charge in [0, 0.05) is 10.4 Å². The lowest BCUT2D eigenvalue weighted by molar-refractivity contribution is -0.140. The fraction of sp³-hybridized carbons (Fsp3) is 0.565. The molecule has 28 heavy (non-hydrogen) atoms. The van der Waals surface area contributed by atoms with Crippen molar-refractivity contribution in [3.63, 3.8) is 0 Å². The minimum atomic E-state index is -0.119. The number of aryl methyl sites for hydroxylation is 2. The number of carbonyl (C=O) groups excluding carboxylic acids is 1. The summed E-state index contributed by atoms with van der Waals surface area (Å²) in [6.45, 7) is 0. The first-order chi connectivity index (χ1) is 13.6. The molecule has 0 radical (unpaired) electrons. The predicted octanol–water partition coefficient (Wildman–Crippen LogP) is 5.07. The molecule has 1 N–H and O–H groups in total. The third kappa shape index (κ3) is 2.55. The number of fused-ring (bicyclic) bond motifs is 3. The van der Waals surface area contributed by atoms with Gasteiger partial charge in [0.1, 0.15) is 5.75 Å². The Labute approximate surface area is 169 Å². The molecule has 0 aliphatic heterocycles. The maximum absolute atomic E-state index is 13.3. The van der Waals surface area contributed by atoms with Crippen molar-refractivity contribution >= 4 is 22.4 Å². The Kier molecular flexibility index (Phi) is 3.68. The number of amides is 1. The van der Waals surface area contributed by atoms with E-state index >= 15 is 0 Å². The molecule has 4 nitrogen and oxygen atoms in total. The Morgan fingerprint density at radius 2 is 1.86 bits per heavy atom. The molecule has 4 bridgehead atoms. The number of benzene rings is 1. The topological polar surface area (TPSA) is 51.2 Å². The van der Waals surface area contributed by atoms with Crippen molar-refractivity contribution in [1.29, 1.82) is 0 Å². The third-order valence-corrected chi connectivity index (χ3v) is 8.66. The molecule has 2 aromatic rings. The van der Waals surface area contributed by atoms with E-state index < -0.39 is 0 Å². The maximum Gasteiger partial charge on any atom is 0.232 e. The second-order valence-electron chi connectivity index (χ2n) is 9.47. The van der Waals surface area contributed by atoms with Crippen molar-refractivity contribution in [3.8, 4) is 17.0 Å². The van der Waals surface area contributed by atoms with Gasteiger partial charge in [-0.15, -0.1) is 11.3 Å². The fourth-order valence-corrected chi connectivity index (χ4v) is 7.76. The zero-order chi connectivity index (χ0) is 18.9. The number of carbonyl (C=O) groups is 1. The van der Waals surface area contributed by atoms with E-state index in [0.29, 0.717) is 0 Å². The largest absolute Gasteiger partial charge is 0.497 e. The van der Waals surface area contributed by atoms with E-state index in [-0.39, 0.29) is 11.3 Å². The van der Waals surface area contributed by atoms with Gasteiger partial charge < -0.3 is 10.1 Å². The highest BCUT2D eigenvalue weighted by atomic mass is 32.1. The van der Waals surface area contributed by atoms with Crippen LogP contribution in [-0.2, 0) is 17.6 Å². The SMILES string of the molecule is COc1ccc2c(c1)CCc1sc(NC(=O)C34CC5CC(CC(C5)C3)C4)nc1-2. The standard InChI is InChI=1S/C23H26N2O2S/c1-27-17-3-4-18-16(9-17)2-5-19-20(18)24-22(28-19)25-21(26)23-10-13-6-14(11-23)8-15(7-13)12-23/h3-4,9,13-15H,2,5-8,10-12H2,1H3,(H,24,25,26). The Bertz CT molecular complexity index is 928. The van der Waals surface area contributed by atoms with E-state index in [1.165, 1.54) is 35.3 Å². The van der Waals surface area contributed by atoms with Crippen molar-refractivity contribution in [2.45, 2.75) is 51.4 Å². The number of hydrogen-bond acceptors (Lipinski definition) is 4. The van der Waals surface area contributed by atoms with Gasteiger partial charge in [0.2, 0.25) is 5.91 Å². The van der Waals surface area contributed by atoms with Crippen LogP contribution in [0.5, 0.6) is 5.75 Å². The minimum Gasteiger partial charge on any atom is -0.497 e. The van der Waals surface area contributed by atoms with Crippen LogP contribution in [0.4, 0.5) is 5.13 Å². The number of anilines is 1. The van der Waals surface area contributed by atoms with Crippen LogP contribution in [0.1, 0.15) is 49.0 Å². The van der Waals surface area contributed by atoms with Gasteiger partial charge in [0.25, 0.3) is 0 Å². The van der Waals surface area contributed by atoms with E-state index in [1.807, 2.05) is 6.07 Å². The van der Waals surface area contributed by atoms with E-state index in [4.69, 9.17) is 9.72 Å². The number of hydrogen-bond donors (Lipinski definition) is 1. The second-order valence-corrected chi connectivity index (χ2v) is 10.5. The number of ether oxygens (including phenoxy) is 1. The average molecular weight is 395 g/mol. The number of thiazole rings is 1. The second kappa shape index (κ2) is 6.06. The molecule has 1 aromatic heterocycles. The summed E-state index contributed by atoms with van der Waals surface area (Å²) in [6, 6.07) is 6.23. The molecular formula is C23H26N2O2S. The molecule has 146 valence electrons. The minimum absolute atomic E-state index is 0.119. The van der Waals surface area contributed by atoms with Gasteiger partial charge >= 0.3 is 0 Å². The van der Waals surface area contributed by atoms with Crippen LogP contribution in [0.2, 0.25) is 0 Å². The molecule has 5 aliphatic rings. The van der Waals surface area contributed by atoms with Crippen molar-refractivity contribution in [2.24, 2.45) is 23.2 Å². The van der Waals surface area contributed by atoms with Crippen molar-refractivity contribution in [1.82, 2.24) is 4.98 Å². The number of aromatic nitrogens is 1. The number of methoxy groups -OCH3 is 1. The van der Waals surface area contributed by atoms with Crippen molar-refractivity contribution in [3.05, 3.63) is 28.6 Å². The molecule has 4 saturated carbocycles. The molecule has 7 rings (SSSR count). The zero-order valence-electron chi connectivity index (χ0n) is 16.3. The normalized spacial score (nSPS) is 32.0.